The number of rotatable bonds is 4. The molecule has 2 N–H and O–H groups in total. The summed E-state index contributed by atoms with van der Waals surface area (Å²) in [6.07, 6.45) is 1.58. The molecule has 0 spiro atoms. The Morgan fingerprint density at radius 2 is 1.94 bits per heavy atom. The molecule has 1 aliphatic rings. The van der Waals surface area contributed by atoms with Gasteiger partial charge in [-0.05, 0) is 37.8 Å². The van der Waals surface area contributed by atoms with Gasteiger partial charge in [-0.15, -0.1) is 0 Å². The van der Waals surface area contributed by atoms with Gasteiger partial charge in [0.15, 0.2) is 0 Å². The number of carboxylic acids is 1. The number of benzene rings is 1. The highest BCUT2D eigenvalue weighted by Gasteiger charge is 2.50. The Morgan fingerprint density at radius 1 is 1.38 bits per heavy atom. The third kappa shape index (κ3) is 1.90. The van der Waals surface area contributed by atoms with E-state index in [0.29, 0.717) is 6.54 Å². The van der Waals surface area contributed by atoms with Crippen molar-refractivity contribution in [1.29, 1.82) is 0 Å². The first-order valence-corrected chi connectivity index (χ1v) is 5.59. The number of para-hydroxylation sites is 1. The van der Waals surface area contributed by atoms with Crippen molar-refractivity contribution in [2.45, 2.75) is 26.7 Å². The van der Waals surface area contributed by atoms with Crippen LogP contribution in [-0.2, 0) is 4.79 Å². The minimum absolute atomic E-state index is 0.505. The SMILES string of the molecule is Cc1cccc(C)c1NCC1(C(=O)O)CC1. The maximum absolute atomic E-state index is 11.0. The van der Waals surface area contributed by atoms with Gasteiger partial charge in [-0.3, -0.25) is 4.79 Å². The third-order valence-electron chi connectivity index (χ3n) is 3.39. The smallest absolute Gasteiger partial charge is 0.311 e. The molecule has 0 amide bonds. The highest BCUT2D eigenvalue weighted by molar-refractivity contribution is 5.78. The molecule has 1 aliphatic carbocycles. The maximum atomic E-state index is 11.0. The van der Waals surface area contributed by atoms with Crippen LogP contribution in [0.25, 0.3) is 0 Å². The Kier molecular flexibility index (Phi) is 2.62. The van der Waals surface area contributed by atoms with Gasteiger partial charge in [0, 0.05) is 12.2 Å². The molecule has 0 radical (unpaired) electrons. The highest BCUT2D eigenvalue weighted by Crippen LogP contribution is 2.46. The zero-order valence-electron chi connectivity index (χ0n) is 9.71. The Hall–Kier alpha value is -1.51. The van der Waals surface area contributed by atoms with Crippen LogP contribution >= 0.6 is 0 Å². The fourth-order valence-corrected chi connectivity index (χ4v) is 1.97. The fourth-order valence-electron chi connectivity index (χ4n) is 1.97. The predicted molar refractivity (Wildman–Crippen MR) is 63.7 cm³/mol. The molecule has 86 valence electrons. The summed E-state index contributed by atoms with van der Waals surface area (Å²) in [5.74, 6) is -0.675. The molecule has 0 bridgehead atoms. The Balaban J connectivity index is 2.08. The highest BCUT2D eigenvalue weighted by atomic mass is 16.4. The lowest BCUT2D eigenvalue weighted by Gasteiger charge is -2.16. The lowest BCUT2D eigenvalue weighted by atomic mass is 10.1. The van der Waals surface area contributed by atoms with Crippen molar-refractivity contribution in [1.82, 2.24) is 0 Å². The van der Waals surface area contributed by atoms with Crippen LogP contribution in [0.2, 0.25) is 0 Å². The van der Waals surface area contributed by atoms with E-state index in [9.17, 15) is 4.79 Å². The van der Waals surface area contributed by atoms with Gasteiger partial charge >= 0.3 is 5.97 Å². The Bertz CT molecular complexity index is 402. The summed E-state index contributed by atoms with van der Waals surface area (Å²) in [6, 6.07) is 6.09. The van der Waals surface area contributed by atoms with Crippen LogP contribution in [0.1, 0.15) is 24.0 Å². The van der Waals surface area contributed by atoms with Gasteiger partial charge in [0.1, 0.15) is 0 Å². The van der Waals surface area contributed by atoms with Crippen LogP contribution in [-0.4, -0.2) is 17.6 Å². The van der Waals surface area contributed by atoms with Crippen molar-refractivity contribution in [2.24, 2.45) is 5.41 Å². The first kappa shape index (κ1) is 11.0. The van der Waals surface area contributed by atoms with Crippen LogP contribution in [0.5, 0.6) is 0 Å². The summed E-state index contributed by atoms with van der Waals surface area (Å²) in [4.78, 5) is 11.0. The van der Waals surface area contributed by atoms with E-state index in [0.717, 1.165) is 18.5 Å². The standard InChI is InChI=1S/C13H17NO2/c1-9-4-3-5-10(2)11(9)14-8-13(6-7-13)12(15)16/h3-5,14H,6-8H2,1-2H3,(H,15,16). The average molecular weight is 219 g/mol. The van der Waals surface area contributed by atoms with Crippen LogP contribution in [0, 0.1) is 19.3 Å². The molecule has 0 atom stereocenters. The Morgan fingerprint density at radius 3 is 2.38 bits per heavy atom. The maximum Gasteiger partial charge on any atom is 0.311 e. The van der Waals surface area contributed by atoms with Crippen molar-refractivity contribution < 1.29 is 9.90 Å². The minimum atomic E-state index is -0.675. The summed E-state index contributed by atoms with van der Waals surface area (Å²) >= 11 is 0. The van der Waals surface area contributed by atoms with E-state index in [4.69, 9.17) is 5.11 Å². The third-order valence-corrected chi connectivity index (χ3v) is 3.39. The van der Waals surface area contributed by atoms with Gasteiger partial charge in [-0.1, -0.05) is 18.2 Å². The van der Waals surface area contributed by atoms with Gasteiger partial charge in [0.25, 0.3) is 0 Å². The van der Waals surface area contributed by atoms with Gasteiger partial charge in [-0.25, -0.2) is 0 Å². The summed E-state index contributed by atoms with van der Waals surface area (Å²) in [5.41, 5.74) is 2.91. The van der Waals surface area contributed by atoms with Crippen molar-refractivity contribution in [3.63, 3.8) is 0 Å². The molecule has 0 saturated heterocycles. The lowest BCUT2D eigenvalue weighted by molar-refractivity contribution is -0.142. The normalized spacial score (nSPS) is 16.9. The summed E-state index contributed by atoms with van der Waals surface area (Å²) in [5, 5.41) is 12.4. The van der Waals surface area contributed by atoms with E-state index in [2.05, 4.69) is 5.32 Å². The number of carbonyl (C=O) groups is 1. The van der Waals surface area contributed by atoms with Gasteiger partial charge < -0.3 is 10.4 Å². The first-order valence-electron chi connectivity index (χ1n) is 5.59. The fraction of sp³-hybridized carbons (Fsp3) is 0.462. The van der Waals surface area contributed by atoms with E-state index in [1.807, 2.05) is 32.0 Å². The van der Waals surface area contributed by atoms with Crippen molar-refractivity contribution in [2.75, 3.05) is 11.9 Å². The van der Waals surface area contributed by atoms with Crippen LogP contribution in [0.3, 0.4) is 0 Å². The van der Waals surface area contributed by atoms with Crippen LogP contribution in [0.4, 0.5) is 5.69 Å². The van der Waals surface area contributed by atoms with Crippen LogP contribution in [0.15, 0.2) is 18.2 Å². The van der Waals surface area contributed by atoms with Crippen LogP contribution < -0.4 is 5.32 Å². The van der Waals surface area contributed by atoms with E-state index >= 15 is 0 Å². The molecule has 0 aromatic heterocycles. The molecule has 1 aromatic carbocycles. The summed E-state index contributed by atoms with van der Waals surface area (Å²) < 4.78 is 0. The van der Waals surface area contributed by atoms with E-state index in [1.54, 1.807) is 0 Å². The largest absolute Gasteiger partial charge is 0.481 e. The number of nitrogens with one attached hydrogen (secondary N) is 1. The molecule has 1 aromatic rings. The number of hydrogen-bond donors (Lipinski definition) is 2. The Labute approximate surface area is 95.5 Å². The lowest BCUT2D eigenvalue weighted by Crippen LogP contribution is -2.24. The van der Waals surface area contributed by atoms with E-state index in [1.165, 1.54) is 11.1 Å². The van der Waals surface area contributed by atoms with E-state index in [-0.39, 0.29) is 0 Å². The monoisotopic (exact) mass is 219 g/mol. The molecule has 16 heavy (non-hydrogen) atoms. The van der Waals surface area contributed by atoms with E-state index < -0.39 is 11.4 Å². The second kappa shape index (κ2) is 3.81. The second-order valence-electron chi connectivity index (χ2n) is 4.71. The number of carboxylic acid groups (broad SMARTS) is 1. The molecule has 0 aliphatic heterocycles. The van der Waals surface area contributed by atoms with Crippen molar-refractivity contribution in [3.8, 4) is 0 Å². The number of aliphatic carboxylic acids is 1. The zero-order chi connectivity index (χ0) is 11.8. The molecule has 3 heteroatoms. The van der Waals surface area contributed by atoms with Gasteiger partial charge in [0.2, 0.25) is 0 Å². The molecule has 1 saturated carbocycles. The predicted octanol–water partition coefficient (Wildman–Crippen LogP) is 2.58. The quantitative estimate of drug-likeness (QED) is 0.818. The number of aryl methyl sites for hydroxylation is 2. The average Bonchev–Trinajstić information content (AvgIpc) is 2.98. The van der Waals surface area contributed by atoms with Gasteiger partial charge in [0.05, 0.1) is 5.41 Å². The topological polar surface area (TPSA) is 49.3 Å². The molecular formula is C13H17NO2. The molecule has 1 fully saturated rings. The minimum Gasteiger partial charge on any atom is -0.481 e. The van der Waals surface area contributed by atoms with Crippen molar-refractivity contribution >= 4 is 11.7 Å². The number of hydrogen-bond acceptors (Lipinski definition) is 2. The van der Waals surface area contributed by atoms with Crippen molar-refractivity contribution in [3.05, 3.63) is 29.3 Å². The first-order chi connectivity index (χ1) is 7.55. The molecule has 0 heterocycles. The molecule has 2 rings (SSSR count). The van der Waals surface area contributed by atoms with Gasteiger partial charge in [-0.2, -0.15) is 0 Å². The zero-order valence-corrected chi connectivity index (χ0v) is 9.71. The summed E-state index contributed by atoms with van der Waals surface area (Å²) in [7, 11) is 0. The molecule has 0 unspecified atom stereocenters. The molecule has 3 nitrogen and oxygen atoms in total. The summed E-state index contributed by atoms with van der Waals surface area (Å²) in [6.45, 7) is 4.61. The number of anilines is 1. The second-order valence-corrected chi connectivity index (χ2v) is 4.71. The molecular weight excluding hydrogens is 202 g/mol.